The van der Waals surface area contributed by atoms with Crippen LogP contribution in [-0.4, -0.2) is 42.1 Å². The average molecular weight is 260 g/mol. The SMILES string of the molecule is COC(=O)C(N)CCSC(C)C(=O)NC1CC1. The van der Waals surface area contributed by atoms with Crippen molar-refractivity contribution in [1.82, 2.24) is 5.32 Å². The minimum atomic E-state index is -0.591. The first-order valence-corrected chi connectivity index (χ1v) is 6.85. The van der Waals surface area contributed by atoms with E-state index in [1.807, 2.05) is 6.92 Å². The molecule has 1 rings (SSSR count). The second kappa shape index (κ2) is 6.86. The highest BCUT2D eigenvalue weighted by Crippen LogP contribution is 2.20. The van der Waals surface area contributed by atoms with Gasteiger partial charge in [0, 0.05) is 6.04 Å². The Bertz CT molecular complexity index is 282. The van der Waals surface area contributed by atoms with Gasteiger partial charge in [-0.05, 0) is 31.9 Å². The summed E-state index contributed by atoms with van der Waals surface area (Å²) >= 11 is 1.51. The van der Waals surface area contributed by atoms with Crippen molar-refractivity contribution in [3.05, 3.63) is 0 Å². The van der Waals surface area contributed by atoms with Gasteiger partial charge in [0.2, 0.25) is 5.91 Å². The summed E-state index contributed by atoms with van der Waals surface area (Å²) in [4.78, 5) is 22.6. The number of amides is 1. The number of ether oxygens (including phenoxy) is 1. The van der Waals surface area contributed by atoms with Gasteiger partial charge in [0.1, 0.15) is 6.04 Å². The zero-order chi connectivity index (χ0) is 12.8. The minimum absolute atomic E-state index is 0.0733. The molecule has 2 unspecified atom stereocenters. The van der Waals surface area contributed by atoms with Gasteiger partial charge >= 0.3 is 5.97 Å². The van der Waals surface area contributed by atoms with Gasteiger partial charge in [-0.1, -0.05) is 0 Å². The molecule has 0 saturated heterocycles. The van der Waals surface area contributed by atoms with E-state index in [4.69, 9.17) is 5.73 Å². The normalized spacial score (nSPS) is 18.3. The zero-order valence-corrected chi connectivity index (χ0v) is 11.1. The quantitative estimate of drug-likeness (QED) is 0.642. The van der Waals surface area contributed by atoms with Crippen LogP contribution in [0.25, 0.3) is 0 Å². The molecular formula is C11H20N2O3S. The molecule has 0 aromatic heterocycles. The van der Waals surface area contributed by atoms with Crippen molar-refractivity contribution in [2.45, 2.75) is 43.5 Å². The van der Waals surface area contributed by atoms with Crippen molar-refractivity contribution in [2.75, 3.05) is 12.9 Å². The molecule has 98 valence electrons. The van der Waals surface area contributed by atoms with Gasteiger partial charge in [0.25, 0.3) is 0 Å². The minimum Gasteiger partial charge on any atom is -0.468 e. The largest absolute Gasteiger partial charge is 0.468 e. The molecule has 1 amide bonds. The Morgan fingerprint density at radius 3 is 2.71 bits per heavy atom. The van der Waals surface area contributed by atoms with Crippen LogP contribution in [0.15, 0.2) is 0 Å². The first kappa shape index (κ1) is 14.3. The van der Waals surface area contributed by atoms with E-state index in [0.29, 0.717) is 18.2 Å². The Morgan fingerprint density at radius 1 is 1.53 bits per heavy atom. The highest BCUT2D eigenvalue weighted by molar-refractivity contribution is 8.00. The number of rotatable bonds is 7. The Labute approximate surface area is 106 Å². The number of hydrogen-bond acceptors (Lipinski definition) is 5. The van der Waals surface area contributed by atoms with Crippen molar-refractivity contribution in [2.24, 2.45) is 5.73 Å². The molecule has 0 radical (unpaired) electrons. The number of hydrogen-bond donors (Lipinski definition) is 2. The number of thioether (sulfide) groups is 1. The predicted molar refractivity (Wildman–Crippen MR) is 67.7 cm³/mol. The highest BCUT2D eigenvalue weighted by Gasteiger charge is 2.25. The van der Waals surface area contributed by atoms with E-state index in [0.717, 1.165) is 12.8 Å². The summed E-state index contributed by atoms with van der Waals surface area (Å²) in [6.07, 6.45) is 2.71. The van der Waals surface area contributed by atoms with Crippen molar-refractivity contribution >= 4 is 23.6 Å². The third-order valence-electron chi connectivity index (χ3n) is 2.59. The summed E-state index contributed by atoms with van der Waals surface area (Å²) in [6.45, 7) is 1.87. The van der Waals surface area contributed by atoms with E-state index in [1.165, 1.54) is 18.9 Å². The first-order valence-electron chi connectivity index (χ1n) is 5.80. The van der Waals surface area contributed by atoms with Gasteiger partial charge in [-0.25, -0.2) is 0 Å². The third kappa shape index (κ3) is 5.41. The lowest BCUT2D eigenvalue weighted by Gasteiger charge is -2.13. The first-order chi connectivity index (χ1) is 8.04. The molecule has 1 saturated carbocycles. The van der Waals surface area contributed by atoms with Crippen LogP contribution in [0.2, 0.25) is 0 Å². The molecule has 0 heterocycles. The monoisotopic (exact) mass is 260 g/mol. The van der Waals surface area contributed by atoms with Crippen molar-refractivity contribution in [3.8, 4) is 0 Å². The van der Waals surface area contributed by atoms with Crippen LogP contribution in [-0.2, 0) is 14.3 Å². The van der Waals surface area contributed by atoms with Crippen LogP contribution in [0.3, 0.4) is 0 Å². The molecule has 5 nitrogen and oxygen atoms in total. The molecule has 2 atom stereocenters. The molecule has 1 aliphatic carbocycles. The van der Waals surface area contributed by atoms with Gasteiger partial charge in [-0.3, -0.25) is 9.59 Å². The number of carbonyl (C=O) groups is 2. The lowest BCUT2D eigenvalue weighted by atomic mass is 10.2. The molecule has 1 aliphatic rings. The maximum absolute atomic E-state index is 11.6. The van der Waals surface area contributed by atoms with Gasteiger partial charge in [0.15, 0.2) is 0 Å². The number of nitrogens with one attached hydrogen (secondary N) is 1. The Morgan fingerprint density at radius 2 is 2.18 bits per heavy atom. The van der Waals surface area contributed by atoms with Crippen LogP contribution in [0, 0.1) is 0 Å². The lowest BCUT2D eigenvalue weighted by Crippen LogP contribution is -2.34. The summed E-state index contributed by atoms with van der Waals surface area (Å²) in [5.41, 5.74) is 5.59. The number of methoxy groups -OCH3 is 1. The Balaban J connectivity index is 2.12. The Kier molecular flexibility index (Phi) is 5.77. The summed E-state index contributed by atoms with van der Waals surface area (Å²) in [5, 5.41) is 2.85. The summed E-state index contributed by atoms with van der Waals surface area (Å²) in [6, 6.07) is -0.200. The van der Waals surface area contributed by atoms with Crippen LogP contribution >= 0.6 is 11.8 Å². The fourth-order valence-corrected chi connectivity index (χ4v) is 2.23. The van der Waals surface area contributed by atoms with Crippen LogP contribution in [0.4, 0.5) is 0 Å². The number of nitrogens with two attached hydrogens (primary N) is 1. The standard InChI is InChI=1S/C11H20N2O3S/c1-7(10(14)13-8-3-4-8)17-6-5-9(12)11(15)16-2/h7-9H,3-6,12H2,1-2H3,(H,13,14). The van der Waals surface area contributed by atoms with E-state index >= 15 is 0 Å². The average Bonchev–Trinajstić information content (AvgIpc) is 3.11. The van der Waals surface area contributed by atoms with Gasteiger partial charge in [-0.2, -0.15) is 0 Å². The number of esters is 1. The Hall–Kier alpha value is -0.750. The van der Waals surface area contributed by atoms with Crippen molar-refractivity contribution in [1.29, 1.82) is 0 Å². The fraction of sp³-hybridized carbons (Fsp3) is 0.818. The lowest BCUT2D eigenvalue weighted by molar-refractivity contribution is -0.142. The molecule has 0 aromatic rings. The van der Waals surface area contributed by atoms with Crippen LogP contribution in [0.5, 0.6) is 0 Å². The molecular weight excluding hydrogens is 240 g/mol. The summed E-state index contributed by atoms with van der Waals surface area (Å²) in [5.74, 6) is 0.347. The molecule has 6 heteroatoms. The zero-order valence-electron chi connectivity index (χ0n) is 10.3. The maximum Gasteiger partial charge on any atom is 0.322 e. The third-order valence-corrected chi connectivity index (χ3v) is 3.78. The molecule has 0 aliphatic heterocycles. The molecule has 0 bridgehead atoms. The van der Waals surface area contributed by atoms with E-state index in [2.05, 4.69) is 10.1 Å². The number of carbonyl (C=O) groups excluding carboxylic acids is 2. The van der Waals surface area contributed by atoms with Crippen molar-refractivity contribution < 1.29 is 14.3 Å². The smallest absolute Gasteiger partial charge is 0.322 e. The van der Waals surface area contributed by atoms with E-state index in [-0.39, 0.29) is 11.2 Å². The fourth-order valence-electron chi connectivity index (χ4n) is 1.26. The van der Waals surface area contributed by atoms with Crippen LogP contribution < -0.4 is 11.1 Å². The van der Waals surface area contributed by atoms with E-state index in [1.54, 1.807) is 0 Å². The van der Waals surface area contributed by atoms with Crippen LogP contribution in [0.1, 0.15) is 26.2 Å². The summed E-state index contributed by atoms with van der Waals surface area (Å²) in [7, 11) is 1.32. The van der Waals surface area contributed by atoms with Gasteiger partial charge in [-0.15, -0.1) is 11.8 Å². The molecule has 3 N–H and O–H groups in total. The predicted octanol–water partition coefficient (Wildman–Crippen LogP) is 0.277. The highest BCUT2D eigenvalue weighted by atomic mass is 32.2. The van der Waals surface area contributed by atoms with E-state index in [9.17, 15) is 9.59 Å². The van der Waals surface area contributed by atoms with Gasteiger partial charge < -0.3 is 15.8 Å². The topological polar surface area (TPSA) is 81.4 Å². The molecule has 1 fully saturated rings. The second-order valence-corrected chi connectivity index (χ2v) is 5.66. The maximum atomic E-state index is 11.6. The van der Waals surface area contributed by atoms with Gasteiger partial charge in [0.05, 0.1) is 12.4 Å². The van der Waals surface area contributed by atoms with Crippen molar-refractivity contribution in [3.63, 3.8) is 0 Å². The molecule has 0 aromatic carbocycles. The summed E-state index contributed by atoms with van der Waals surface area (Å²) < 4.78 is 4.53. The molecule has 17 heavy (non-hydrogen) atoms. The molecule has 0 spiro atoms. The second-order valence-electron chi connectivity index (χ2n) is 4.21. The van der Waals surface area contributed by atoms with E-state index < -0.39 is 12.0 Å².